The summed E-state index contributed by atoms with van der Waals surface area (Å²) in [6.07, 6.45) is 3.70. The molecule has 0 aromatic heterocycles. The van der Waals surface area contributed by atoms with Crippen molar-refractivity contribution in [3.63, 3.8) is 0 Å². The van der Waals surface area contributed by atoms with Gasteiger partial charge in [-0.05, 0) is 35.8 Å². The molecule has 8 nitrogen and oxygen atoms in total. The van der Waals surface area contributed by atoms with Crippen LogP contribution in [0, 0.1) is 23.0 Å². The lowest BCUT2D eigenvalue weighted by Gasteiger charge is -2.38. The van der Waals surface area contributed by atoms with Crippen LogP contribution in [0.5, 0.6) is 0 Å². The first kappa shape index (κ1) is 25.6. The first-order valence-electron chi connectivity index (χ1n) is 13.7. The number of hydrogen-bond acceptors (Lipinski definition) is 6. The fourth-order valence-electron chi connectivity index (χ4n) is 7.01. The number of benzene rings is 4. The molecule has 3 aliphatic heterocycles. The van der Waals surface area contributed by atoms with Crippen molar-refractivity contribution in [1.29, 1.82) is 0 Å². The molecule has 4 atom stereocenters. The van der Waals surface area contributed by atoms with E-state index in [0.29, 0.717) is 16.8 Å². The van der Waals surface area contributed by atoms with Gasteiger partial charge in [-0.3, -0.25) is 24.5 Å². The fraction of sp³-hybridized carbons (Fsp3) is 0.147. The second-order valence-electron chi connectivity index (χ2n) is 11.0. The predicted molar refractivity (Wildman–Crippen MR) is 157 cm³/mol. The molecule has 3 aliphatic rings. The maximum absolute atomic E-state index is 14.8. The number of para-hydroxylation sites is 1. The molecule has 1 fully saturated rings. The topological polar surface area (TPSA) is 110 Å². The van der Waals surface area contributed by atoms with Gasteiger partial charge >= 0.3 is 0 Å². The second kappa shape index (κ2) is 9.34. The minimum absolute atomic E-state index is 0.0737. The number of aryl methyl sites for hydroxylation is 1. The number of nitrogens with zero attached hydrogens (tertiary/aromatic N) is 2. The number of non-ortho nitro benzene ring substituents is 1. The summed E-state index contributed by atoms with van der Waals surface area (Å²) < 4.78 is 0. The summed E-state index contributed by atoms with van der Waals surface area (Å²) in [4.78, 5) is 56.7. The van der Waals surface area contributed by atoms with Gasteiger partial charge in [0.1, 0.15) is 11.5 Å². The normalized spacial score (nSPS) is 23.2. The van der Waals surface area contributed by atoms with Crippen molar-refractivity contribution in [2.45, 2.75) is 24.4 Å². The van der Waals surface area contributed by atoms with E-state index in [4.69, 9.17) is 0 Å². The van der Waals surface area contributed by atoms with Gasteiger partial charge in [0.05, 0.1) is 16.9 Å². The molecular weight excluding hydrogens is 530 g/mol. The van der Waals surface area contributed by atoms with Crippen LogP contribution in [0.15, 0.2) is 103 Å². The quantitative estimate of drug-likeness (QED) is 0.187. The summed E-state index contributed by atoms with van der Waals surface area (Å²) >= 11 is 0. The van der Waals surface area contributed by atoms with E-state index in [-0.39, 0.29) is 22.9 Å². The summed E-state index contributed by atoms with van der Waals surface area (Å²) in [6, 6.07) is 25.8. The lowest BCUT2D eigenvalue weighted by Crippen LogP contribution is -2.49. The number of nitro groups is 1. The monoisotopic (exact) mass is 555 g/mol. The Morgan fingerprint density at radius 3 is 2.40 bits per heavy atom. The Labute approximate surface area is 241 Å². The number of nitro benzene ring substituents is 1. The SMILES string of the molecule is Cc1ccc(C(=O)C2C(C(=O)c3cccc([N+](=O)[O-])c3)C3(C(=O)Nc4ccccc43)C3c4ccccc4C=CN23)cc1. The van der Waals surface area contributed by atoms with Gasteiger partial charge in [0.2, 0.25) is 5.91 Å². The number of rotatable bonds is 5. The Morgan fingerprint density at radius 2 is 1.62 bits per heavy atom. The number of amides is 1. The van der Waals surface area contributed by atoms with Crippen LogP contribution >= 0.6 is 0 Å². The smallest absolute Gasteiger partial charge is 0.270 e. The molecule has 0 aliphatic carbocycles. The zero-order chi connectivity index (χ0) is 29.2. The third-order valence-corrected chi connectivity index (χ3v) is 8.80. The molecule has 0 saturated carbocycles. The molecule has 4 unspecified atom stereocenters. The molecular formula is C34H25N3O5. The van der Waals surface area contributed by atoms with Gasteiger partial charge in [0.15, 0.2) is 11.6 Å². The highest BCUT2D eigenvalue weighted by Gasteiger charge is 2.70. The lowest BCUT2D eigenvalue weighted by molar-refractivity contribution is -0.384. The standard InChI is InChI=1S/C34H25N3O5/c1-20-13-15-22(16-14-20)31(39)29-28(30(38)23-8-6-9-24(19-23)37(41)42)34(26-11-4-5-12-27(26)35-33(34)40)32-25-10-3-2-7-21(25)17-18-36(29)32/h2-19,28-29,32H,1H3,(H,35,40). The van der Waals surface area contributed by atoms with Gasteiger partial charge in [0, 0.05) is 35.1 Å². The lowest BCUT2D eigenvalue weighted by atomic mass is 9.62. The number of nitrogens with one attached hydrogen (secondary N) is 1. The number of Topliss-reactive ketones (excluding diaryl/α,β-unsaturated/α-hetero) is 2. The summed E-state index contributed by atoms with van der Waals surface area (Å²) in [5.41, 5.74) is 2.64. The van der Waals surface area contributed by atoms with Crippen molar-refractivity contribution in [2.75, 3.05) is 5.32 Å². The Kier molecular flexibility index (Phi) is 5.69. The molecule has 1 spiro atoms. The van der Waals surface area contributed by atoms with Crippen LogP contribution in [-0.2, 0) is 10.2 Å². The molecule has 42 heavy (non-hydrogen) atoms. The highest BCUT2D eigenvalue weighted by Crippen LogP contribution is 2.62. The summed E-state index contributed by atoms with van der Waals surface area (Å²) in [7, 11) is 0. The number of hydrogen-bond donors (Lipinski definition) is 1. The Balaban J connectivity index is 1.53. The number of ketones is 2. The van der Waals surface area contributed by atoms with Crippen molar-refractivity contribution < 1.29 is 19.3 Å². The van der Waals surface area contributed by atoms with Crippen LogP contribution in [0.4, 0.5) is 11.4 Å². The number of fused-ring (bicyclic) bond motifs is 6. The van der Waals surface area contributed by atoms with Gasteiger partial charge in [-0.2, -0.15) is 0 Å². The third-order valence-electron chi connectivity index (χ3n) is 8.80. The molecule has 1 N–H and O–H groups in total. The Morgan fingerprint density at radius 1 is 0.881 bits per heavy atom. The minimum Gasteiger partial charge on any atom is -0.358 e. The van der Waals surface area contributed by atoms with E-state index in [0.717, 1.165) is 16.7 Å². The summed E-state index contributed by atoms with van der Waals surface area (Å²) in [6.45, 7) is 1.92. The van der Waals surface area contributed by atoms with Gasteiger partial charge < -0.3 is 10.2 Å². The highest BCUT2D eigenvalue weighted by atomic mass is 16.6. The van der Waals surface area contributed by atoms with Crippen molar-refractivity contribution in [3.8, 4) is 0 Å². The van der Waals surface area contributed by atoms with Crippen molar-refractivity contribution >= 4 is 34.9 Å². The van der Waals surface area contributed by atoms with Gasteiger partial charge in [-0.25, -0.2) is 0 Å². The van der Waals surface area contributed by atoms with Crippen LogP contribution in [0.3, 0.4) is 0 Å². The molecule has 8 heteroatoms. The molecule has 7 rings (SSSR count). The van der Waals surface area contributed by atoms with Crippen LogP contribution in [0.1, 0.15) is 49.0 Å². The number of anilines is 1. The molecule has 3 heterocycles. The van der Waals surface area contributed by atoms with E-state index in [1.54, 1.807) is 24.4 Å². The molecule has 4 aromatic rings. The largest absolute Gasteiger partial charge is 0.358 e. The Hall–Kier alpha value is -5.37. The van der Waals surface area contributed by atoms with E-state index < -0.39 is 34.1 Å². The molecule has 1 amide bonds. The van der Waals surface area contributed by atoms with Crippen molar-refractivity contribution in [3.05, 3.63) is 147 Å². The fourth-order valence-corrected chi connectivity index (χ4v) is 7.01. The van der Waals surface area contributed by atoms with Gasteiger partial charge in [-0.1, -0.05) is 84.4 Å². The molecule has 0 bridgehead atoms. The maximum Gasteiger partial charge on any atom is 0.270 e. The van der Waals surface area contributed by atoms with Crippen molar-refractivity contribution in [1.82, 2.24) is 4.90 Å². The van der Waals surface area contributed by atoms with E-state index in [1.807, 2.05) is 72.5 Å². The minimum atomic E-state index is -1.50. The van der Waals surface area contributed by atoms with Gasteiger partial charge in [-0.15, -0.1) is 0 Å². The zero-order valence-electron chi connectivity index (χ0n) is 22.6. The number of carbonyl (C=O) groups excluding carboxylic acids is 3. The van der Waals surface area contributed by atoms with Crippen LogP contribution in [0.2, 0.25) is 0 Å². The van der Waals surface area contributed by atoms with Crippen LogP contribution in [0.25, 0.3) is 6.08 Å². The zero-order valence-corrected chi connectivity index (χ0v) is 22.6. The third kappa shape index (κ3) is 3.51. The average molecular weight is 556 g/mol. The first-order valence-corrected chi connectivity index (χ1v) is 13.7. The molecule has 0 radical (unpaired) electrons. The van der Waals surface area contributed by atoms with E-state index >= 15 is 0 Å². The average Bonchev–Trinajstić information content (AvgIpc) is 3.49. The van der Waals surface area contributed by atoms with Crippen LogP contribution < -0.4 is 5.32 Å². The molecule has 1 saturated heterocycles. The van der Waals surface area contributed by atoms with E-state index in [9.17, 15) is 24.5 Å². The number of carbonyl (C=O) groups is 3. The van der Waals surface area contributed by atoms with Gasteiger partial charge in [0.25, 0.3) is 5.69 Å². The van der Waals surface area contributed by atoms with E-state index in [2.05, 4.69) is 5.32 Å². The second-order valence-corrected chi connectivity index (χ2v) is 11.0. The van der Waals surface area contributed by atoms with Crippen LogP contribution in [-0.4, -0.2) is 33.3 Å². The molecule has 4 aromatic carbocycles. The first-order chi connectivity index (χ1) is 20.3. The summed E-state index contributed by atoms with van der Waals surface area (Å²) in [5.74, 6) is -2.39. The maximum atomic E-state index is 14.8. The predicted octanol–water partition coefficient (Wildman–Crippen LogP) is 5.88. The summed E-state index contributed by atoms with van der Waals surface area (Å²) in [5, 5.41) is 14.7. The van der Waals surface area contributed by atoms with E-state index in [1.165, 1.54) is 24.3 Å². The van der Waals surface area contributed by atoms with Crippen molar-refractivity contribution in [2.24, 2.45) is 5.92 Å². The molecule has 206 valence electrons. The Bertz CT molecular complexity index is 1850. The highest BCUT2D eigenvalue weighted by molar-refractivity contribution is 6.16.